The van der Waals surface area contributed by atoms with Gasteiger partial charge >= 0.3 is 5.97 Å². The molecule has 0 amide bonds. The summed E-state index contributed by atoms with van der Waals surface area (Å²) in [7, 11) is 1.32. The number of ketones is 1. The maximum absolute atomic E-state index is 13.5. The maximum Gasteiger partial charge on any atom is 0.342 e. The van der Waals surface area contributed by atoms with Crippen molar-refractivity contribution in [3.05, 3.63) is 124 Å². The third-order valence-electron chi connectivity index (χ3n) is 5.91. The van der Waals surface area contributed by atoms with Gasteiger partial charge in [0.25, 0.3) is 0 Å². The van der Waals surface area contributed by atoms with E-state index in [4.69, 9.17) is 4.74 Å². The molecule has 1 atom stereocenters. The van der Waals surface area contributed by atoms with Crippen LogP contribution in [0.4, 0.5) is 0 Å². The summed E-state index contributed by atoms with van der Waals surface area (Å²) in [5.41, 5.74) is 6.56. The first kappa shape index (κ1) is 18.3. The van der Waals surface area contributed by atoms with Gasteiger partial charge < -0.3 is 4.74 Å². The molecular weight excluding hydrogens is 372 g/mol. The average Bonchev–Trinajstić information content (AvgIpc) is 2.81. The second-order valence-electron chi connectivity index (χ2n) is 7.51. The van der Waals surface area contributed by atoms with Crippen molar-refractivity contribution < 1.29 is 14.3 Å². The lowest BCUT2D eigenvalue weighted by Crippen LogP contribution is -2.22. The third-order valence-corrected chi connectivity index (χ3v) is 5.91. The zero-order valence-corrected chi connectivity index (χ0v) is 16.6. The Morgan fingerprint density at radius 1 is 0.867 bits per heavy atom. The van der Waals surface area contributed by atoms with Crippen molar-refractivity contribution in [3.63, 3.8) is 0 Å². The van der Waals surface area contributed by atoms with Gasteiger partial charge in [0.1, 0.15) is 5.57 Å². The first-order valence-electron chi connectivity index (χ1n) is 10.0. The number of hydrogen-bond acceptors (Lipinski definition) is 3. The summed E-state index contributed by atoms with van der Waals surface area (Å²) in [6, 6.07) is 23.1. The molecule has 30 heavy (non-hydrogen) atoms. The molecule has 0 radical (unpaired) electrons. The number of esters is 1. The first-order chi connectivity index (χ1) is 14.7. The molecule has 3 nitrogen and oxygen atoms in total. The largest absolute Gasteiger partial charge is 0.465 e. The van der Waals surface area contributed by atoms with E-state index >= 15 is 0 Å². The van der Waals surface area contributed by atoms with Crippen LogP contribution in [0.15, 0.2) is 90.5 Å². The van der Waals surface area contributed by atoms with Crippen LogP contribution < -0.4 is 0 Å². The van der Waals surface area contributed by atoms with E-state index in [1.165, 1.54) is 18.2 Å². The van der Waals surface area contributed by atoms with E-state index in [0.717, 1.165) is 23.1 Å². The highest BCUT2D eigenvalue weighted by molar-refractivity contribution is 6.30. The summed E-state index contributed by atoms with van der Waals surface area (Å²) in [5.74, 6) is -0.818. The average molecular weight is 392 g/mol. The van der Waals surface area contributed by atoms with Crippen molar-refractivity contribution in [2.45, 2.75) is 12.3 Å². The predicted octanol–water partition coefficient (Wildman–Crippen LogP) is 5.10. The molecular formula is C27H20O3. The van der Waals surface area contributed by atoms with Crippen molar-refractivity contribution in [1.82, 2.24) is 0 Å². The number of methoxy groups -OCH3 is 1. The second-order valence-corrected chi connectivity index (χ2v) is 7.51. The number of rotatable bonds is 3. The Kier molecular flexibility index (Phi) is 4.44. The van der Waals surface area contributed by atoms with Crippen molar-refractivity contribution in [2.75, 3.05) is 7.11 Å². The van der Waals surface area contributed by atoms with Gasteiger partial charge in [0.15, 0.2) is 0 Å². The van der Waals surface area contributed by atoms with E-state index in [1.54, 1.807) is 24.3 Å². The van der Waals surface area contributed by atoms with Crippen LogP contribution in [0, 0.1) is 0 Å². The Balaban J connectivity index is 1.88. The Morgan fingerprint density at radius 3 is 2.40 bits per heavy atom. The quantitative estimate of drug-likeness (QED) is 0.156. The number of carbonyl (C=O) groups is 2. The SMILES string of the molecule is COC(=O)/C(C(=O)c1ccccc1)=C1\c2ccccc2C2C=CCc3cccc1c32. The zero-order chi connectivity index (χ0) is 20.7. The Bertz CT molecular complexity index is 1230. The van der Waals surface area contributed by atoms with Gasteiger partial charge in [0.05, 0.1) is 7.11 Å². The van der Waals surface area contributed by atoms with Gasteiger partial charge in [-0.05, 0) is 34.2 Å². The molecule has 0 aliphatic heterocycles. The first-order valence-corrected chi connectivity index (χ1v) is 10.0. The van der Waals surface area contributed by atoms with E-state index in [-0.39, 0.29) is 17.3 Å². The Hall–Kier alpha value is -3.72. The van der Waals surface area contributed by atoms with Crippen LogP contribution in [0.1, 0.15) is 44.1 Å². The fraction of sp³-hybridized carbons (Fsp3) is 0.111. The fourth-order valence-corrected chi connectivity index (χ4v) is 4.62. The van der Waals surface area contributed by atoms with Crippen LogP contribution in [-0.4, -0.2) is 18.9 Å². The lowest BCUT2D eigenvalue weighted by molar-refractivity contribution is -0.135. The topological polar surface area (TPSA) is 43.4 Å². The highest BCUT2D eigenvalue weighted by Gasteiger charge is 2.35. The minimum absolute atomic E-state index is 0.0811. The molecule has 0 saturated carbocycles. The minimum atomic E-state index is -0.615. The zero-order valence-electron chi connectivity index (χ0n) is 16.6. The van der Waals surface area contributed by atoms with Crippen molar-refractivity contribution in [2.24, 2.45) is 0 Å². The molecule has 2 aliphatic carbocycles. The van der Waals surface area contributed by atoms with E-state index in [9.17, 15) is 9.59 Å². The molecule has 0 N–H and O–H groups in total. The standard InChI is InChI=1S/C27H20O3/c1-30-27(29)25(26(28)18-9-3-2-4-10-18)24-21-14-6-5-13-19(21)20-15-7-11-17-12-8-16-22(24)23(17)20/h2-10,12-16,20H,11H2,1H3/b25-24+. The van der Waals surface area contributed by atoms with Crippen molar-refractivity contribution >= 4 is 17.3 Å². The molecule has 3 aromatic carbocycles. The van der Waals surface area contributed by atoms with Gasteiger partial charge in [-0.3, -0.25) is 4.79 Å². The molecule has 0 bridgehead atoms. The summed E-state index contributed by atoms with van der Waals surface area (Å²) in [4.78, 5) is 26.5. The fourth-order valence-electron chi connectivity index (χ4n) is 4.62. The molecule has 0 saturated heterocycles. The van der Waals surface area contributed by atoms with Gasteiger partial charge in [-0.15, -0.1) is 0 Å². The van der Waals surface area contributed by atoms with E-state index in [2.05, 4.69) is 24.3 Å². The summed E-state index contributed by atoms with van der Waals surface area (Å²) in [6.45, 7) is 0. The van der Waals surface area contributed by atoms with Gasteiger partial charge in [-0.1, -0.05) is 84.9 Å². The highest BCUT2D eigenvalue weighted by atomic mass is 16.5. The van der Waals surface area contributed by atoms with Crippen LogP contribution >= 0.6 is 0 Å². The molecule has 3 heteroatoms. The smallest absolute Gasteiger partial charge is 0.342 e. The van der Waals surface area contributed by atoms with E-state index in [0.29, 0.717) is 11.1 Å². The number of fused-ring (bicyclic) bond motifs is 2. The highest BCUT2D eigenvalue weighted by Crippen LogP contribution is 2.47. The predicted molar refractivity (Wildman–Crippen MR) is 116 cm³/mol. The van der Waals surface area contributed by atoms with Crippen LogP contribution in [0.25, 0.3) is 5.57 Å². The van der Waals surface area contributed by atoms with Crippen LogP contribution in [0.5, 0.6) is 0 Å². The molecule has 0 aromatic heterocycles. The lowest BCUT2D eigenvalue weighted by atomic mass is 9.70. The van der Waals surface area contributed by atoms with Crippen molar-refractivity contribution in [3.8, 4) is 0 Å². The molecule has 146 valence electrons. The number of hydrogen-bond donors (Lipinski definition) is 0. The third kappa shape index (κ3) is 2.74. The van der Waals surface area contributed by atoms with E-state index in [1.807, 2.05) is 36.4 Å². The molecule has 3 aromatic rings. The molecule has 2 aliphatic rings. The monoisotopic (exact) mass is 392 g/mol. The molecule has 5 rings (SSSR count). The summed E-state index contributed by atoms with van der Waals surface area (Å²) in [5, 5.41) is 0. The number of benzene rings is 3. The Morgan fingerprint density at radius 2 is 1.60 bits per heavy atom. The van der Waals surface area contributed by atoms with Crippen molar-refractivity contribution in [1.29, 1.82) is 0 Å². The Labute approximate surface area is 175 Å². The molecule has 1 unspecified atom stereocenters. The number of allylic oxidation sites excluding steroid dienone is 2. The second kappa shape index (κ2) is 7.27. The van der Waals surface area contributed by atoms with Gasteiger partial charge in [0.2, 0.25) is 5.78 Å². The summed E-state index contributed by atoms with van der Waals surface area (Å²) >= 11 is 0. The number of Topliss-reactive ketones (excluding diaryl/α,β-unsaturated/α-hetero) is 1. The minimum Gasteiger partial charge on any atom is -0.465 e. The lowest BCUT2D eigenvalue weighted by Gasteiger charge is -2.33. The van der Waals surface area contributed by atoms with Crippen LogP contribution in [0.2, 0.25) is 0 Å². The van der Waals surface area contributed by atoms with Gasteiger partial charge in [-0.25, -0.2) is 4.79 Å². The van der Waals surface area contributed by atoms with Crippen LogP contribution in [0.3, 0.4) is 0 Å². The summed E-state index contributed by atoms with van der Waals surface area (Å²) in [6.07, 6.45) is 5.26. The molecule has 0 spiro atoms. The van der Waals surface area contributed by atoms with E-state index < -0.39 is 5.97 Å². The number of ether oxygens (including phenoxy) is 1. The maximum atomic E-state index is 13.5. The van der Waals surface area contributed by atoms with Crippen LogP contribution in [-0.2, 0) is 16.0 Å². The van der Waals surface area contributed by atoms with Gasteiger partial charge in [-0.2, -0.15) is 0 Å². The number of carbonyl (C=O) groups excluding carboxylic acids is 2. The molecule has 0 heterocycles. The summed E-state index contributed by atoms with van der Waals surface area (Å²) < 4.78 is 5.10. The molecule has 0 fully saturated rings. The van der Waals surface area contributed by atoms with Gasteiger partial charge in [0, 0.05) is 17.1 Å². The normalized spacial score (nSPS) is 17.6.